The van der Waals surface area contributed by atoms with Crippen LogP contribution in [0.1, 0.15) is 24.5 Å². The molecule has 0 fully saturated rings. The fourth-order valence-corrected chi connectivity index (χ4v) is 2.79. The number of hydrogen-bond donors (Lipinski definition) is 1. The van der Waals surface area contributed by atoms with Crippen LogP contribution in [-0.2, 0) is 17.8 Å². The van der Waals surface area contributed by atoms with Crippen molar-refractivity contribution in [3.63, 3.8) is 0 Å². The fraction of sp³-hybridized carbons (Fsp3) is 0.381. The Labute approximate surface area is 150 Å². The standard InChI is InChI=1S/C21H28N2O2/c1-3-23(17-18-9-5-4-6-10-18)21(24)14-16-22-15-13-19-11-7-8-12-20(19)25-2/h4-12,22H,3,13-17H2,1-2H3. The minimum atomic E-state index is 0.191. The number of ether oxygens (including phenoxy) is 1. The van der Waals surface area contributed by atoms with Gasteiger partial charge in [0.25, 0.3) is 0 Å². The van der Waals surface area contributed by atoms with Gasteiger partial charge >= 0.3 is 0 Å². The molecule has 0 radical (unpaired) electrons. The van der Waals surface area contributed by atoms with Crippen LogP contribution in [0, 0.1) is 0 Å². The zero-order valence-corrected chi connectivity index (χ0v) is 15.2. The van der Waals surface area contributed by atoms with Crippen LogP contribution in [0.2, 0.25) is 0 Å². The average molecular weight is 340 g/mol. The molecule has 0 spiro atoms. The summed E-state index contributed by atoms with van der Waals surface area (Å²) in [6.45, 7) is 4.96. The van der Waals surface area contributed by atoms with Gasteiger partial charge in [-0.1, -0.05) is 48.5 Å². The van der Waals surface area contributed by atoms with Crippen LogP contribution >= 0.6 is 0 Å². The number of methoxy groups -OCH3 is 1. The SMILES string of the molecule is CCN(Cc1ccccc1)C(=O)CCNCCc1ccccc1OC. The first-order valence-corrected chi connectivity index (χ1v) is 8.89. The van der Waals surface area contributed by atoms with Crippen molar-refractivity contribution in [2.45, 2.75) is 26.3 Å². The van der Waals surface area contributed by atoms with Crippen molar-refractivity contribution in [1.29, 1.82) is 0 Å². The van der Waals surface area contributed by atoms with Crippen molar-refractivity contribution < 1.29 is 9.53 Å². The Kier molecular flexibility index (Phi) is 7.99. The Morgan fingerprint density at radius 1 is 1.04 bits per heavy atom. The number of nitrogens with one attached hydrogen (secondary N) is 1. The van der Waals surface area contributed by atoms with E-state index in [1.807, 2.05) is 48.2 Å². The van der Waals surface area contributed by atoms with E-state index >= 15 is 0 Å². The van der Waals surface area contributed by atoms with Gasteiger partial charge in [0.05, 0.1) is 7.11 Å². The summed E-state index contributed by atoms with van der Waals surface area (Å²) in [5.41, 5.74) is 2.35. The predicted molar refractivity (Wildman–Crippen MR) is 102 cm³/mol. The van der Waals surface area contributed by atoms with Gasteiger partial charge in [-0.25, -0.2) is 0 Å². The summed E-state index contributed by atoms with van der Waals surface area (Å²) < 4.78 is 5.35. The van der Waals surface area contributed by atoms with Crippen molar-refractivity contribution >= 4 is 5.91 Å². The third-order valence-electron chi connectivity index (χ3n) is 4.23. The zero-order valence-electron chi connectivity index (χ0n) is 15.2. The van der Waals surface area contributed by atoms with Gasteiger partial charge in [-0.05, 0) is 37.1 Å². The van der Waals surface area contributed by atoms with Gasteiger partial charge in [-0.3, -0.25) is 4.79 Å². The number of rotatable bonds is 10. The van der Waals surface area contributed by atoms with Crippen molar-refractivity contribution in [1.82, 2.24) is 10.2 Å². The van der Waals surface area contributed by atoms with E-state index in [2.05, 4.69) is 23.5 Å². The maximum atomic E-state index is 12.4. The Morgan fingerprint density at radius 2 is 1.76 bits per heavy atom. The maximum Gasteiger partial charge on any atom is 0.224 e. The van der Waals surface area contributed by atoms with Gasteiger partial charge in [0.1, 0.15) is 5.75 Å². The molecule has 1 N–H and O–H groups in total. The van der Waals surface area contributed by atoms with E-state index < -0.39 is 0 Å². The molecule has 1 amide bonds. The molecule has 0 saturated carbocycles. The second-order valence-electron chi connectivity index (χ2n) is 5.96. The summed E-state index contributed by atoms with van der Waals surface area (Å²) in [7, 11) is 1.69. The van der Waals surface area contributed by atoms with Crippen LogP contribution < -0.4 is 10.1 Å². The summed E-state index contributed by atoms with van der Waals surface area (Å²) >= 11 is 0. The third kappa shape index (κ3) is 6.24. The highest BCUT2D eigenvalue weighted by Crippen LogP contribution is 2.17. The predicted octanol–water partition coefficient (Wildman–Crippen LogP) is 3.27. The summed E-state index contributed by atoms with van der Waals surface area (Å²) in [6.07, 6.45) is 1.41. The molecular weight excluding hydrogens is 312 g/mol. The minimum absolute atomic E-state index is 0.191. The first kappa shape index (κ1) is 19.0. The lowest BCUT2D eigenvalue weighted by Crippen LogP contribution is -2.33. The molecular formula is C21H28N2O2. The number of carbonyl (C=O) groups excluding carboxylic acids is 1. The molecule has 0 saturated heterocycles. The van der Waals surface area contributed by atoms with E-state index in [-0.39, 0.29) is 5.91 Å². The first-order valence-electron chi connectivity index (χ1n) is 8.89. The highest BCUT2D eigenvalue weighted by atomic mass is 16.5. The summed E-state index contributed by atoms with van der Waals surface area (Å²) in [5.74, 6) is 1.11. The molecule has 25 heavy (non-hydrogen) atoms. The normalized spacial score (nSPS) is 10.5. The number of hydrogen-bond acceptors (Lipinski definition) is 3. The second kappa shape index (κ2) is 10.5. The number of para-hydroxylation sites is 1. The van der Waals surface area contributed by atoms with Crippen molar-refractivity contribution in [2.24, 2.45) is 0 Å². The lowest BCUT2D eigenvalue weighted by molar-refractivity contribution is -0.131. The van der Waals surface area contributed by atoms with Crippen LogP contribution in [0.4, 0.5) is 0 Å². The summed E-state index contributed by atoms with van der Waals surface area (Å²) in [6, 6.07) is 18.2. The molecule has 2 aromatic rings. The molecule has 0 aromatic heterocycles. The molecule has 134 valence electrons. The van der Waals surface area contributed by atoms with Gasteiger partial charge in [0, 0.05) is 26.1 Å². The highest BCUT2D eigenvalue weighted by Gasteiger charge is 2.11. The van der Waals surface area contributed by atoms with E-state index in [1.54, 1.807) is 7.11 Å². The Hall–Kier alpha value is -2.33. The van der Waals surface area contributed by atoms with Gasteiger partial charge < -0.3 is 15.0 Å². The minimum Gasteiger partial charge on any atom is -0.496 e. The van der Waals surface area contributed by atoms with E-state index in [0.717, 1.165) is 25.3 Å². The zero-order chi connectivity index (χ0) is 17.9. The summed E-state index contributed by atoms with van der Waals surface area (Å²) in [4.78, 5) is 14.3. The van der Waals surface area contributed by atoms with Crippen molar-refractivity contribution in [3.8, 4) is 5.75 Å². The van der Waals surface area contributed by atoms with Gasteiger partial charge in [-0.15, -0.1) is 0 Å². The molecule has 0 bridgehead atoms. The smallest absolute Gasteiger partial charge is 0.224 e. The topological polar surface area (TPSA) is 41.6 Å². The first-order chi connectivity index (χ1) is 12.2. The molecule has 0 aliphatic heterocycles. The third-order valence-corrected chi connectivity index (χ3v) is 4.23. The number of nitrogens with zero attached hydrogens (tertiary/aromatic N) is 1. The van der Waals surface area contributed by atoms with Crippen molar-refractivity contribution in [2.75, 3.05) is 26.7 Å². The van der Waals surface area contributed by atoms with Crippen LogP contribution in [0.5, 0.6) is 5.75 Å². The molecule has 2 rings (SSSR count). The van der Waals surface area contributed by atoms with E-state index in [0.29, 0.717) is 19.5 Å². The number of carbonyl (C=O) groups is 1. The van der Waals surface area contributed by atoms with Gasteiger partial charge in [0.2, 0.25) is 5.91 Å². The Balaban J connectivity index is 1.70. The fourth-order valence-electron chi connectivity index (χ4n) is 2.79. The van der Waals surface area contributed by atoms with Gasteiger partial charge in [0.15, 0.2) is 0 Å². The lowest BCUT2D eigenvalue weighted by Gasteiger charge is -2.21. The highest BCUT2D eigenvalue weighted by molar-refractivity contribution is 5.76. The largest absolute Gasteiger partial charge is 0.496 e. The van der Waals surface area contributed by atoms with Crippen molar-refractivity contribution in [3.05, 3.63) is 65.7 Å². The lowest BCUT2D eigenvalue weighted by atomic mass is 10.1. The van der Waals surface area contributed by atoms with E-state index in [4.69, 9.17) is 4.74 Å². The van der Waals surface area contributed by atoms with E-state index in [9.17, 15) is 4.79 Å². The van der Waals surface area contributed by atoms with Crippen LogP contribution in [0.3, 0.4) is 0 Å². The Bertz CT molecular complexity index is 643. The van der Waals surface area contributed by atoms with Crippen LogP contribution in [0.15, 0.2) is 54.6 Å². The molecule has 0 heterocycles. The molecule has 0 aliphatic rings. The number of benzene rings is 2. The quantitative estimate of drug-likeness (QED) is 0.675. The molecule has 0 aliphatic carbocycles. The molecule has 0 unspecified atom stereocenters. The van der Waals surface area contributed by atoms with E-state index in [1.165, 1.54) is 11.1 Å². The molecule has 0 atom stereocenters. The molecule has 4 heteroatoms. The Morgan fingerprint density at radius 3 is 2.48 bits per heavy atom. The second-order valence-corrected chi connectivity index (χ2v) is 5.96. The number of amides is 1. The molecule has 2 aromatic carbocycles. The maximum absolute atomic E-state index is 12.4. The summed E-state index contributed by atoms with van der Waals surface area (Å²) in [5, 5.41) is 3.36. The van der Waals surface area contributed by atoms with Gasteiger partial charge in [-0.2, -0.15) is 0 Å². The average Bonchev–Trinajstić information content (AvgIpc) is 2.66. The van der Waals surface area contributed by atoms with Crippen LogP contribution in [-0.4, -0.2) is 37.6 Å². The van der Waals surface area contributed by atoms with Crippen LogP contribution in [0.25, 0.3) is 0 Å². The monoisotopic (exact) mass is 340 g/mol. The molecule has 4 nitrogen and oxygen atoms in total.